The molecule has 0 amide bonds. The van der Waals surface area contributed by atoms with Crippen LogP contribution in [-0.4, -0.2) is 38.5 Å². The van der Waals surface area contributed by atoms with E-state index in [4.69, 9.17) is 4.84 Å². The lowest BCUT2D eigenvalue weighted by atomic mass is 10.0. The molecule has 0 aromatic carbocycles. The molecule has 3 heterocycles. The smallest absolute Gasteiger partial charge is 0.224 e. The number of aromatic nitrogens is 4. The van der Waals surface area contributed by atoms with Crippen LogP contribution in [0.15, 0.2) is 21.9 Å². The minimum atomic E-state index is 0.0171. The summed E-state index contributed by atoms with van der Waals surface area (Å²) in [6, 6.07) is 2.04. The molecule has 0 saturated heterocycles. The van der Waals surface area contributed by atoms with E-state index in [1.165, 1.54) is 18.5 Å². The number of aromatic amines is 1. The molecule has 2 aromatic rings. The molecule has 138 valence electrons. The van der Waals surface area contributed by atoms with E-state index in [9.17, 15) is 0 Å². The van der Waals surface area contributed by atoms with Gasteiger partial charge in [0, 0.05) is 30.3 Å². The Hall–Kier alpha value is -2.16. The second-order valence-corrected chi connectivity index (χ2v) is 7.90. The van der Waals surface area contributed by atoms with Gasteiger partial charge in [0.2, 0.25) is 5.95 Å². The number of rotatable bonds is 7. The van der Waals surface area contributed by atoms with Crippen molar-refractivity contribution in [1.82, 2.24) is 20.2 Å². The molecule has 8 nitrogen and oxygen atoms in total. The molecule has 1 fully saturated rings. The topological polar surface area (TPSA) is 100 Å². The van der Waals surface area contributed by atoms with Crippen LogP contribution in [0.2, 0.25) is 0 Å². The molecule has 26 heavy (non-hydrogen) atoms. The van der Waals surface area contributed by atoms with Crippen LogP contribution in [0.1, 0.15) is 44.7 Å². The molecule has 0 radical (unpaired) electrons. The van der Waals surface area contributed by atoms with Crippen molar-refractivity contribution >= 4 is 39.2 Å². The number of nitrogens with zero attached hydrogens (tertiary/aromatic N) is 4. The minimum absolute atomic E-state index is 0.0171. The Morgan fingerprint density at radius 2 is 2.23 bits per heavy atom. The van der Waals surface area contributed by atoms with Crippen LogP contribution >= 0.6 is 15.9 Å². The third kappa shape index (κ3) is 3.98. The first-order valence-corrected chi connectivity index (χ1v) is 9.69. The first-order valence-electron chi connectivity index (χ1n) is 8.90. The molecule has 1 unspecified atom stereocenters. The van der Waals surface area contributed by atoms with E-state index in [0.29, 0.717) is 30.1 Å². The lowest BCUT2D eigenvalue weighted by molar-refractivity contribution is 0.0947. The molecule has 9 heteroatoms. The van der Waals surface area contributed by atoms with Crippen molar-refractivity contribution in [3.05, 3.63) is 22.4 Å². The summed E-state index contributed by atoms with van der Waals surface area (Å²) in [6.07, 6.45) is 5.04. The van der Waals surface area contributed by atoms with Gasteiger partial charge in [-0.25, -0.2) is 4.98 Å². The first-order chi connectivity index (χ1) is 12.6. The van der Waals surface area contributed by atoms with Crippen molar-refractivity contribution in [3.63, 3.8) is 0 Å². The molecule has 1 aliphatic heterocycles. The molecule has 2 aliphatic rings. The Morgan fingerprint density at radius 1 is 1.38 bits per heavy atom. The van der Waals surface area contributed by atoms with Crippen LogP contribution in [0, 0.1) is 5.92 Å². The summed E-state index contributed by atoms with van der Waals surface area (Å²) in [4.78, 5) is 14.3. The van der Waals surface area contributed by atoms with Crippen LogP contribution in [-0.2, 0) is 4.84 Å². The molecule has 1 atom stereocenters. The highest BCUT2D eigenvalue weighted by atomic mass is 79.9. The Labute approximate surface area is 160 Å². The van der Waals surface area contributed by atoms with Crippen LogP contribution in [0.4, 0.5) is 17.6 Å². The van der Waals surface area contributed by atoms with E-state index in [2.05, 4.69) is 65.7 Å². The zero-order chi connectivity index (χ0) is 18.1. The van der Waals surface area contributed by atoms with Gasteiger partial charge in [-0.2, -0.15) is 10.1 Å². The summed E-state index contributed by atoms with van der Waals surface area (Å²) in [6.45, 7) is 4.85. The zero-order valence-corrected chi connectivity index (χ0v) is 16.4. The van der Waals surface area contributed by atoms with Gasteiger partial charge in [0.1, 0.15) is 6.10 Å². The van der Waals surface area contributed by atoms with Gasteiger partial charge in [0.15, 0.2) is 11.6 Å². The van der Waals surface area contributed by atoms with Crippen LogP contribution < -0.4 is 10.6 Å². The average molecular weight is 420 g/mol. The van der Waals surface area contributed by atoms with Gasteiger partial charge >= 0.3 is 0 Å². The summed E-state index contributed by atoms with van der Waals surface area (Å²) in [5, 5.41) is 18.0. The van der Waals surface area contributed by atoms with Gasteiger partial charge in [0.05, 0.1) is 16.7 Å². The van der Waals surface area contributed by atoms with E-state index in [1.54, 1.807) is 6.20 Å². The summed E-state index contributed by atoms with van der Waals surface area (Å²) >= 11 is 3.48. The Bertz CT molecular complexity index is 815. The van der Waals surface area contributed by atoms with Gasteiger partial charge in [-0.1, -0.05) is 19.0 Å². The first kappa shape index (κ1) is 17.3. The number of hydrogen-bond donors (Lipinski definition) is 3. The largest absolute Gasteiger partial charge is 0.390 e. The molecule has 1 aliphatic carbocycles. The Morgan fingerprint density at radius 3 is 2.96 bits per heavy atom. The molecule has 0 spiro atoms. The van der Waals surface area contributed by atoms with Gasteiger partial charge < -0.3 is 15.5 Å². The Balaban J connectivity index is 1.36. The molecule has 2 aromatic heterocycles. The molecular weight excluding hydrogens is 398 g/mol. The monoisotopic (exact) mass is 419 g/mol. The number of oxime groups is 1. The maximum Gasteiger partial charge on any atom is 0.224 e. The summed E-state index contributed by atoms with van der Waals surface area (Å²) in [7, 11) is 0. The number of H-pyrrole nitrogens is 1. The third-order valence-corrected chi connectivity index (χ3v) is 5.10. The number of hydrogen-bond acceptors (Lipinski definition) is 7. The van der Waals surface area contributed by atoms with Crippen molar-refractivity contribution in [2.45, 2.75) is 45.1 Å². The van der Waals surface area contributed by atoms with Crippen molar-refractivity contribution in [1.29, 1.82) is 0 Å². The highest BCUT2D eigenvalue weighted by Gasteiger charge is 2.26. The predicted octanol–water partition coefficient (Wildman–Crippen LogP) is 3.80. The third-order valence-electron chi connectivity index (χ3n) is 4.52. The average Bonchev–Trinajstić information content (AvgIpc) is 3.17. The number of nitrogens with one attached hydrogen (secondary N) is 3. The maximum atomic E-state index is 5.46. The standard InChI is InChI=1S/C17H22BrN7O/c1-9(2)13-5-11(26-25-13)7-19-17-20-8-12(18)16(22-17)21-15-6-14(23-24-15)10-3-4-10/h6,8-11H,3-5,7H2,1-2H3,(H3,19,20,21,22,23,24). The molecule has 0 bridgehead atoms. The highest BCUT2D eigenvalue weighted by Crippen LogP contribution is 2.39. The number of anilines is 3. The van der Waals surface area contributed by atoms with E-state index in [1.807, 2.05) is 6.07 Å². The SMILES string of the molecule is CC(C)C1=NOC(CNc2ncc(Br)c(Nc3cc(C4CC4)[nH]n3)n2)C1. The van der Waals surface area contributed by atoms with Crippen molar-refractivity contribution in [2.75, 3.05) is 17.2 Å². The van der Waals surface area contributed by atoms with E-state index in [0.717, 1.165) is 22.4 Å². The molecular formula is C17H22BrN7O. The van der Waals surface area contributed by atoms with Crippen molar-refractivity contribution < 1.29 is 4.84 Å². The van der Waals surface area contributed by atoms with E-state index >= 15 is 0 Å². The molecule has 4 rings (SSSR count). The van der Waals surface area contributed by atoms with Gasteiger partial charge in [-0.05, 0) is 34.7 Å². The van der Waals surface area contributed by atoms with Gasteiger partial charge in [0.25, 0.3) is 0 Å². The van der Waals surface area contributed by atoms with Crippen molar-refractivity contribution in [3.8, 4) is 0 Å². The Kier molecular flexibility index (Phi) is 4.80. The maximum absolute atomic E-state index is 5.46. The fourth-order valence-corrected chi connectivity index (χ4v) is 3.06. The van der Waals surface area contributed by atoms with Crippen LogP contribution in [0.3, 0.4) is 0 Å². The quantitative estimate of drug-likeness (QED) is 0.630. The normalized spacial score (nSPS) is 19.4. The number of halogens is 1. The summed E-state index contributed by atoms with van der Waals surface area (Å²) in [5.74, 6) is 3.01. The lowest BCUT2D eigenvalue weighted by Crippen LogP contribution is -2.22. The molecule has 1 saturated carbocycles. The zero-order valence-electron chi connectivity index (χ0n) is 14.8. The molecule has 3 N–H and O–H groups in total. The summed E-state index contributed by atoms with van der Waals surface area (Å²) < 4.78 is 0.779. The second kappa shape index (κ2) is 7.22. The fraction of sp³-hybridized carbons (Fsp3) is 0.529. The van der Waals surface area contributed by atoms with Crippen molar-refractivity contribution in [2.24, 2.45) is 11.1 Å². The minimum Gasteiger partial charge on any atom is -0.390 e. The second-order valence-electron chi connectivity index (χ2n) is 7.05. The van der Waals surface area contributed by atoms with E-state index in [-0.39, 0.29) is 6.10 Å². The fourth-order valence-electron chi connectivity index (χ4n) is 2.77. The highest BCUT2D eigenvalue weighted by molar-refractivity contribution is 9.10. The van der Waals surface area contributed by atoms with Crippen LogP contribution in [0.5, 0.6) is 0 Å². The predicted molar refractivity (Wildman–Crippen MR) is 104 cm³/mol. The van der Waals surface area contributed by atoms with Gasteiger partial charge in [-0.3, -0.25) is 5.10 Å². The van der Waals surface area contributed by atoms with Crippen LogP contribution in [0.25, 0.3) is 0 Å². The van der Waals surface area contributed by atoms with Gasteiger partial charge in [-0.15, -0.1) is 0 Å². The summed E-state index contributed by atoms with van der Waals surface area (Å²) in [5.41, 5.74) is 2.27. The lowest BCUT2D eigenvalue weighted by Gasteiger charge is -2.11. The van der Waals surface area contributed by atoms with E-state index < -0.39 is 0 Å².